The maximum atomic E-state index is 13.1. The fourth-order valence-electron chi connectivity index (χ4n) is 2.22. The Balaban J connectivity index is 2.14. The predicted molar refractivity (Wildman–Crippen MR) is 99.2 cm³/mol. The highest BCUT2D eigenvalue weighted by Gasteiger charge is 2.13. The van der Waals surface area contributed by atoms with Crippen LogP contribution in [-0.4, -0.2) is 26.0 Å². The zero-order valence-electron chi connectivity index (χ0n) is 13.0. The molecule has 1 heterocycles. The Morgan fingerprint density at radius 3 is 2.58 bits per heavy atom. The summed E-state index contributed by atoms with van der Waals surface area (Å²) in [5.74, 6) is -1.08. The van der Waals surface area contributed by atoms with E-state index >= 15 is 0 Å². The molecule has 2 aromatic carbocycles. The third-order valence-electron chi connectivity index (χ3n) is 3.48. The molecule has 0 bridgehead atoms. The predicted octanol–water partition coefficient (Wildman–Crippen LogP) is 3.85. The topological polar surface area (TPSA) is 90.6 Å². The molecule has 0 spiro atoms. The number of H-pyrrole nitrogens is 1. The summed E-state index contributed by atoms with van der Waals surface area (Å²) in [5, 5.41) is 20.6. The molecule has 1 aromatic heterocycles. The summed E-state index contributed by atoms with van der Waals surface area (Å²) >= 11 is 10.9. The van der Waals surface area contributed by atoms with Crippen molar-refractivity contribution in [1.82, 2.24) is 9.55 Å². The van der Waals surface area contributed by atoms with Crippen molar-refractivity contribution in [2.24, 2.45) is 4.99 Å². The van der Waals surface area contributed by atoms with Gasteiger partial charge in [-0.15, -0.1) is 0 Å². The molecule has 0 saturated carbocycles. The van der Waals surface area contributed by atoms with Gasteiger partial charge in [-0.1, -0.05) is 11.6 Å². The molecule has 0 aliphatic heterocycles. The minimum atomic E-state index is -0.670. The van der Waals surface area contributed by atoms with Crippen LogP contribution < -0.4 is 5.56 Å². The monoisotopic (exact) mass is 391 g/mol. The zero-order chi connectivity index (χ0) is 18.8. The molecule has 0 unspecified atom stereocenters. The Bertz CT molecular complexity index is 1120. The SMILES string of the molecule is O=c1[nH]c(=S)n(-c2ccc(F)cc2)c(O)c1C=Nc1cc(Cl)ccc1O. The number of phenols is 1. The normalized spacial score (nSPS) is 11.2. The van der Waals surface area contributed by atoms with Gasteiger partial charge in [0.05, 0.1) is 5.69 Å². The van der Waals surface area contributed by atoms with Gasteiger partial charge in [0.15, 0.2) is 4.77 Å². The highest BCUT2D eigenvalue weighted by molar-refractivity contribution is 7.71. The highest BCUT2D eigenvalue weighted by atomic mass is 35.5. The fourth-order valence-corrected chi connectivity index (χ4v) is 2.67. The maximum Gasteiger partial charge on any atom is 0.264 e. The average molecular weight is 392 g/mol. The summed E-state index contributed by atoms with van der Waals surface area (Å²) in [4.78, 5) is 18.5. The first-order valence-corrected chi connectivity index (χ1v) is 8.02. The Labute approximate surface area is 156 Å². The van der Waals surface area contributed by atoms with Crippen molar-refractivity contribution in [3.05, 3.63) is 74.0 Å². The van der Waals surface area contributed by atoms with Crippen LogP contribution >= 0.6 is 23.8 Å². The van der Waals surface area contributed by atoms with Crippen LogP contribution in [0.3, 0.4) is 0 Å². The molecule has 0 radical (unpaired) electrons. The van der Waals surface area contributed by atoms with Crippen LogP contribution in [0.5, 0.6) is 11.6 Å². The zero-order valence-corrected chi connectivity index (χ0v) is 14.6. The smallest absolute Gasteiger partial charge is 0.264 e. The summed E-state index contributed by atoms with van der Waals surface area (Å²) in [6.45, 7) is 0. The maximum absolute atomic E-state index is 13.1. The molecule has 0 aliphatic carbocycles. The second-order valence-electron chi connectivity index (χ2n) is 5.20. The highest BCUT2D eigenvalue weighted by Crippen LogP contribution is 2.29. The quantitative estimate of drug-likeness (QED) is 0.467. The summed E-state index contributed by atoms with van der Waals surface area (Å²) in [6.07, 6.45) is 1.08. The number of hydrogen-bond acceptors (Lipinski definition) is 5. The van der Waals surface area contributed by atoms with Crippen LogP contribution in [0.15, 0.2) is 52.3 Å². The molecular formula is C17H11ClFN3O3S. The lowest BCUT2D eigenvalue weighted by Crippen LogP contribution is -2.18. The lowest BCUT2D eigenvalue weighted by Gasteiger charge is -2.11. The van der Waals surface area contributed by atoms with Crippen molar-refractivity contribution in [2.75, 3.05) is 0 Å². The van der Waals surface area contributed by atoms with E-state index in [0.29, 0.717) is 10.7 Å². The van der Waals surface area contributed by atoms with Crippen LogP contribution in [0, 0.1) is 10.6 Å². The van der Waals surface area contributed by atoms with Crippen molar-refractivity contribution in [3.8, 4) is 17.3 Å². The van der Waals surface area contributed by atoms with E-state index in [4.69, 9.17) is 23.8 Å². The Kier molecular flexibility index (Phi) is 4.88. The second-order valence-corrected chi connectivity index (χ2v) is 6.02. The lowest BCUT2D eigenvalue weighted by atomic mass is 10.2. The van der Waals surface area contributed by atoms with E-state index in [1.807, 2.05) is 0 Å². The minimum Gasteiger partial charge on any atom is -0.506 e. The van der Waals surface area contributed by atoms with E-state index < -0.39 is 17.3 Å². The van der Waals surface area contributed by atoms with Crippen molar-refractivity contribution < 1.29 is 14.6 Å². The number of benzene rings is 2. The molecule has 0 atom stereocenters. The van der Waals surface area contributed by atoms with Gasteiger partial charge in [-0.3, -0.25) is 19.3 Å². The molecule has 132 valence electrons. The van der Waals surface area contributed by atoms with E-state index in [2.05, 4.69) is 9.98 Å². The largest absolute Gasteiger partial charge is 0.506 e. The van der Waals surface area contributed by atoms with Gasteiger partial charge in [-0.05, 0) is 54.7 Å². The molecule has 3 aromatic rings. The van der Waals surface area contributed by atoms with Gasteiger partial charge < -0.3 is 10.2 Å². The van der Waals surface area contributed by atoms with Gasteiger partial charge in [0.1, 0.15) is 22.8 Å². The number of nitrogens with one attached hydrogen (secondary N) is 1. The minimum absolute atomic E-state index is 0.0677. The number of halogens is 2. The average Bonchev–Trinajstić information content (AvgIpc) is 2.59. The fraction of sp³-hybridized carbons (Fsp3) is 0. The summed E-state index contributed by atoms with van der Waals surface area (Å²) in [5.41, 5.74) is -0.393. The van der Waals surface area contributed by atoms with Crippen molar-refractivity contribution in [1.29, 1.82) is 0 Å². The number of aromatic nitrogens is 2. The second kappa shape index (κ2) is 7.11. The number of hydrogen-bond donors (Lipinski definition) is 3. The molecule has 0 saturated heterocycles. The molecule has 0 amide bonds. The number of aromatic amines is 1. The Morgan fingerprint density at radius 1 is 1.19 bits per heavy atom. The first-order valence-electron chi connectivity index (χ1n) is 7.23. The third kappa shape index (κ3) is 3.51. The van der Waals surface area contributed by atoms with Crippen LogP contribution in [0.2, 0.25) is 5.02 Å². The van der Waals surface area contributed by atoms with Gasteiger partial charge >= 0.3 is 0 Å². The van der Waals surface area contributed by atoms with E-state index in [1.54, 1.807) is 0 Å². The molecule has 3 N–H and O–H groups in total. The summed E-state index contributed by atoms with van der Waals surface area (Å²) in [6, 6.07) is 9.41. The van der Waals surface area contributed by atoms with Crippen molar-refractivity contribution in [2.45, 2.75) is 0 Å². The molecule has 0 fully saturated rings. The van der Waals surface area contributed by atoms with E-state index in [9.17, 15) is 19.4 Å². The van der Waals surface area contributed by atoms with Crippen LogP contribution in [0.25, 0.3) is 5.69 Å². The number of aliphatic imine (C=N–C) groups is 1. The van der Waals surface area contributed by atoms with Crippen LogP contribution in [0.4, 0.5) is 10.1 Å². The molecule has 6 nitrogen and oxygen atoms in total. The Hall–Kier alpha value is -2.97. The number of aromatic hydroxyl groups is 2. The van der Waals surface area contributed by atoms with Gasteiger partial charge in [-0.25, -0.2) is 4.39 Å². The van der Waals surface area contributed by atoms with Crippen LogP contribution in [0.1, 0.15) is 5.56 Å². The molecule has 3 rings (SSSR count). The Morgan fingerprint density at radius 2 is 1.88 bits per heavy atom. The lowest BCUT2D eigenvalue weighted by molar-refractivity contribution is 0.432. The third-order valence-corrected chi connectivity index (χ3v) is 4.00. The van der Waals surface area contributed by atoms with Crippen molar-refractivity contribution >= 4 is 35.7 Å². The van der Waals surface area contributed by atoms with Crippen molar-refractivity contribution in [3.63, 3.8) is 0 Å². The number of rotatable bonds is 3. The van der Waals surface area contributed by atoms with Gasteiger partial charge in [-0.2, -0.15) is 0 Å². The molecule has 9 heteroatoms. The first-order chi connectivity index (χ1) is 12.4. The first kappa shape index (κ1) is 17.8. The van der Waals surface area contributed by atoms with E-state index in [0.717, 1.165) is 10.8 Å². The molecule has 0 aliphatic rings. The summed E-state index contributed by atoms with van der Waals surface area (Å²) < 4.78 is 14.2. The van der Waals surface area contributed by atoms with Gasteiger partial charge in [0, 0.05) is 11.2 Å². The number of phenolic OH excluding ortho intramolecular Hbond substituents is 1. The molecular weight excluding hydrogens is 381 g/mol. The van der Waals surface area contributed by atoms with E-state index in [-0.39, 0.29) is 21.8 Å². The van der Waals surface area contributed by atoms with Gasteiger partial charge in [0.25, 0.3) is 5.56 Å². The van der Waals surface area contributed by atoms with Gasteiger partial charge in [0.2, 0.25) is 5.88 Å². The van der Waals surface area contributed by atoms with Crippen LogP contribution in [-0.2, 0) is 0 Å². The standard InChI is InChI=1S/C17H11ClFN3O3S/c18-9-1-6-14(23)13(7-9)20-8-12-15(24)21-17(26)22(16(12)25)11-4-2-10(19)3-5-11/h1-8,23,25H,(H,21,24,26). The summed E-state index contributed by atoms with van der Waals surface area (Å²) in [7, 11) is 0. The van der Waals surface area contributed by atoms with E-state index in [1.165, 1.54) is 42.5 Å². The molecule has 26 heavy (non-hydrogen) atoms. The number of nitrogens with zero attached hydrogens (tertiary/aromatic N) is 2.